The molecule has 1 aromatic rings. The van der Waals surface area contributed by atoms with E-state index in [2.05, 4.69) is 9.89 Å². The van der Waals surface area contributed by atoms with E-state index < -0.39 is 0 Å². The van der Waals surface area contributed by atoms with Crippen LogP contribution in [0.25, 0.3) is 0 Å². The second-order valence-electron chi connectivity index (χ2n) is 4.45. The van der Waals surface area contributed by atoms with E-state index >= 15 is 0 Å². The predicted octanol–water partition coefficient (Wildman–Crippen LogP) is 2.48. The normalized spacial score (nSPS) is 16.9. The summed E-state index contributed by atoms with van der Waals surface area (Å²) in [7, 11) is 0. The van der Waals surface area contributed by atoms with Crippen LogP contribution in [-0.2, 0) is 0 Å². The molecule has 0 spiro atoms. The third-order valence-corrected chi connectivity index (χ3v) is 3.13. The average Bonchev–Trinajstić information content (AvgIpc) is 2.41. The fourth-order valence-electron chi connectivity index (χ4n) is 2.16. The molecule has 1 heterocycles. The number of para-hydroxylation sites is 1. The number of ether oxygens (including phenoxy) is 1. The predicted molar refractivity (Wildman–Crippen MR) is 89.2 cm³/mol. The molecule has 0 aromatic heterocycles. The number of benzene rings is 1. The van der Waals surface area contributed by atoms with Crippen LogP contribution in [0, 0.1) is 0 Å². The first-order valence-electron chi connectivity index (χ1n) is 6.56. The number of guanidine groups is 1. The van der Waals surface area contributed by atoms with Crippen molar-refractivity contribution in [1.82, 2.24) is 4.90 Å². The van der Waals surface area contributed by atoms with Gasteiger partial charge in [-0.15, -0.1) is 24.0 Å². The zero-order chi connectivity index (χ0) is 12.8. The Labute approximate surface area is 132 Å². The molecule has 4 nitrogen and oxygen atoms in total. The summed E-state index contributed by atoms with van der Waals surface area (Å²) in [5.41, 5.74) is 5.89. The van der Waals surface area contributed by atoms with Crippen LogP contribution in [0.15, 0.2) is 35.3 Å². The average molecular weight is 375 g/mol. The van der Waals surface area contributed by atoms with Gasteiger partial charge in [0.25, 0.3) is 0 Å². The van der Waals surface area contributed by atoms with E-state index in [-0.39, 0.29) is 30.1 Å². The lowest BCUT2D eigenvalue weighted by molar-refractivity contribution is 0.130. The molecule has 1 aromatic carbocycles. The van der Waals surface area contributed by atoms with Gasteiger partial charge in [0.05, 0.1) is 0 Å². The van der Waals surface area contributed by atoms with Gasteiger partial charge < -0.3 is 15.4 Å². The van der Waals surface area contributed by atoms with Gasteiger partial charge in [-0.2, -0.15) is 0 Å². The van der Waals surface area contributed by atoms with Crippen molar-refractivity contribution in [3.63, 3.8) is 0 Å². The SMILES string of the molecule is CCN=C(N)N1CCC(Oc2ccccc2)CC1.I. The zero-order valence-corrected chi connectivity index (χ0v) is 13.6. The molecule has 0 saturated carbocycles. The van der Waals surface area contributed by atoms with Gasteiger partial charge in [-0.1, -0.05) is 18.2 Å². The molecular weight excluding hydrogens is 353 g/mol. The number of halogens is 1. The molecule has 2 N–H and O–H groups in total. The maximum atomic E-state index is 5.94. The number of likely N-dealkylation sites (tertiary alicyclic amines) is 1. The van der Waals surface area contributed by atoms with Gasteiger partial charge in [0.1, 0.15) is 11.9 Å². The van der Waals surface area contributed by atoms with Gasteiger partial charge in [-0.25, -0.2) is 0 Å². The van der Waals surface area contributed by atoms with Crippen LogP contribution in [0.4, 0.5) is 0 Å². The van der Waals surface area contributed by atoms with E-state index in [0.717, 1.165) is 38.2 Å². The Hall–Kier alpha value is -0.980. The highest BCUT2D eigenvalue weighted by molar-refractivity contribution is 14.0. The van der Waals surface area contributed by atoms with Gasteiger partial charge in [-0.05, 0) is 19.1 Å². The van der Waals surface area contributed by atoms with Crippen molar-refractivity contribution in [1.29, 1.82) is 0 Å². The zero-order valence-electron chi connectivity index (χ0n) is 11.3. The molecule has 1 aliphatic heterocycles. The van der Waals surface area contributed by atoms with E-state index in [1.54, 1.807) is 0 Å². The topological polar surface area (TPSA) is 50.8 Å². The van der Waals surface area contributed by atoms with Crippen LogP contribution in [-0.4, -0.2) is 36.6 Å². The summed E-state index contributed by atoms with van der Waals surface area (Å²) < 4.78 is 5.94. The lowest BCUT2D eigenvalue weighted by Gasteiger charge is -2.32. The summed E-state index contributed by atoms with van der Waals surface area (Å²) in [6, 6.07) is 9.99. The number of aliphatic imine (C=N–C) groups is 1. The molecule has 2 rings (SSSR count). The van der Waals surface area contributed by atoms with Crippen molar-refractivity contribution in [2.75, 3.05) is 19.6 Å². The molecule has 1 aliphatic rings. The van der Waals surface area contributed by atoms with Gasteiger partial charge >= 0.3 is 0 Å². The van der Waals surface area contributed by atoms with Crippen molar-refractivity contribution in [2.45, 2.75) is 25.9 Å². The Morgan fingerprint density at radius 1 is 1.32 bits per heavy atom. The van der Waals surface area contributed by atoms with E-state index in [0.29, 0.717) is 5.96 Å². The van der Waals surface area contributed by atoms with E-state index in [9.17, 15) is 0 Å². The van der Waals surface area contributed by atoms with Crippen LogP contribution in [0.3, 0.4) is 0 Å². The lowest BCUT2D eigenvalue weighted by atomic mass is 10.1. The lowest BCUT2D eigenvalue weighted by Crippen LogP contribution is -2.45. The number of nitrogens with zero attached hydrogens (tertiary/aromatic N) is 2. The molecule has 0 amide bonds. The van der Waals surface area contributed by atoms with Crippen molar-refractivity contribution in [3.8, 4) is 5.75 Å². The smallest absolute Gasteiger partial charge is 0.191 e. The van der Waals surface area contributed by atoms with Crippen molar-refractivity contribution >= 4 is 29.9 Å². The van der Waals surface area contributed by atoms with Crippen LogP contribution in [0.1, 0.15) is 19.8 Å². The van der Waals surface area contributed by atoms with Crippen LogP contribution in [0.2, 0.25) is 0 Å². The van der Waals surface area contributed by atoms with E-state index in [1.807, 2.05) is 37.3 Å². The van der Waals surface area contributed by atoms with Gasteiger partial charge in [0, 0.05) is 32.5 Å². The highest BCUT2D eigenvalue weighted by atomic mass is 127. The molecule has 106 valence electrons. The highest BCUT2D eigenvalue weighted by Gasteiger charge is 2.21. The molecular formula is C14H22IN3O. The Morgan fingerprint density at radius 2 is 1.95 bits per heavy atom. The Bertz CT molecular complexity index is 389. The quantitative estimate of drug-likeness (QED) is 0.502. The number of hydrogen-bond acceptors (Lipinski definition) is 2. The third kappa shape index (κ3) is 4.89. The van der Waals surface area contributed by atoms with Crippen molar-refractivity contribution < 1.29 is 4.74 Å². The molecule has 0 atom stereocenters. The Morgan fingerprint density at radius 3 is 2.53 bits per heavy atom. The monoisotopic (exact) mass is 375 g/mol. The Kier molecular flexibility index (Phi) is 6.97. The van der Waals surface area contributed by atoms with Gasteiger partial charge in [0.15, 0.2) is 5.96 Å². The van der Waals surface area contributed by atoms with Crippen molar-refractivity contribution in [2.24, 2.45) is 10.7 Å². The van der Waals surface area contributed by atoms with Crippen molar-refractivity contribution in [3.05, 3.63) is 30.3 Å². The minimum Gasteiger partial charge on any atom is -0.490 e. The maximum absolute atomic E-state index is 5.94. The molecule has 1 saturated heterocycles. The molecule has 0 radical (unpaired) electrons. The van der Waals surface area contributed by atoms with Crippen LogP contribution >= 0.6 is 24.0 Å². The fraction of sp³-hybridized carbons (Fsp3) is 0.500. The first kappa shape index (κ1) is 16.1. The summed E-state index contributed by atoms with van der Waals surface area (Å²) in [4.78, 5) is 6.37. The second kappa shape index (κ2) is 8.24. The maximum Gasteiger partial charge on any atom is 0.191 e. The summed E-state index contributed by atoms with van der Waals surface area (Å²) in [5, 5.41) is 0. The third-order valence-electron chi connectivity index (χ3n) is 3.13. The van der Waals surface area contributed by atoms with Gasteiger partial charge in [0.2, 0.25) is 0 Å². The molecule has 0 bridgehead atoms. The minimum atomic E-state index is 0. The van der Waals surface area contributed by atoms with E-state index in [4.69, 9.17) is 10.5 Å². The molecule has 5 heteroatoms. The molecule has 1 fully saturated rings. The number of piperidine rings is 1. The molecule has 0 unspecified atom stereocenters. The van der Waals surface area contributed by atoms with Crippen LogP contribution in [0.5, 0.6) is 5.75 Å². The highest BCUT2D eigenvalue weighted by Crippen LogP contribution is 2.18. The summed E-state index contributed by atoms with van der Waals surface area (Å²) in [6.07, 6.45) is 2.28. The number of rotatable bonds is 3. The number of nitrogens with two attached hydrogens (primary N) is 1. The summed E-state index contributed by atoms with van der Waals surface area (Å²) in [6.45, 7) is 4.59. The first-order valence-corrected chi connectivity index (χ1v) is 6.56. The number of hydrogen-bond donors (Lipinski definition) is 1. The van der Waals surface area contributed by atoms with E-state index in [1.165, 1.54) is 0 Å². The minimum absolute atomic E-state index is 0. The van der Waals surface area contributed by atoms with Crippen LogP contribution < -0.4 is 10.5 Å². The Balaban J connectivity index is 0.00000180. The van der Waals surface area contributed by atoms with Gasteiger partial charge in [-0.3, -0.25) is 4.99 Å². The summed E-state index contributed by atoms with van der Waals surface area (Å²) in [5.74, 6) is 1.61. The summed E-state index contributed by atoms with van der Waals surface area (Å²) >= 11 is 0. The standard InChI is InChI=1S/C14H21N3O.HI/c1-2-16-14(15)17-10-8-13(9-11-17)18-12-6-4-3-5-7-12;/h3-7,13H,2,8-11H2,1H3,(H2,15,16);1H. The molecule has 19 heavy (non-hydrogen) atoms. The molecule has 0 aliphatic carbocycles. The largest absolute Gasteiger partial charge is 0.490 e. The first-order chi connectivity index (χ1) is 8.79. The second-order valence-corrected chi connectivity index (χ2v) is 4.45. The fourth-order valence-corrected chi connectivity index (χ4v) is 2.16.